The van der Waals surface area contributed by atoms with E-state index in [1.807, 2.05) is 0 Å². The van der Waals surface area contributed by atoms with Gasteiger partial charge >= 0.3 is 0 Å². The Hall–Kier alpha value is -3.15. The Labute approximate surface area is 132 Å². The summed E-state index contributed by atoms with van der Waals surface area (Å²) in [6.07, 6.45) is 3.21. The van der Waals surface area contributed by atoms with Gasteiger partial charge in [-0.05, 0) is 42.5 Å². The van der Waals surface area contributed by atoms with Gasteiger partial charge in [0.25, 0.3) is 5.91 Å². The van der Waals surface area contributed by atoms with Gasteiger partial charge in [-0.1, -0.05) is 6.07 Å². The zero-order chi connectivity index (χ0) is 16.2. The van der Waals surface area contributed by atoms with Crippen LogP contribution in [-0.2, 0) is 0 Å². The molecule has 3 rings (SSSR count). The number of carbonyl (C=O) groups is 1. The maximum absolute atomic E-state index is 14.2. The van der Waals surface area contributed by atoms with Crippen LogP contribution in [0.25, 0.3) is 5.69 Å². The predicted octanol–water partition coefficient (Wildman–Crippen LogP) is 3.27. The van der Waals surface area contributed by atoms with Crippen molar-refractivity contribution in [1.29, 1.82) is 0 Å². The van der Waals surface area contributed by atoms with Crippen LogP contribution in [0.15, 0.2) is 60.9 Å². The molecule has 0 spiro atoms. The van der Waals surface area contributed by atoms with Crippen molar-refractivity contribution < 1.29 is 13.9 Å². The topological polar surface area (TPSA) is 56.1 Å². The van der Waals surface area contributed by atoms with Gasteiger partial charge in [0.05, 0.1) is 7.11 Å². The molecule has 0 fully saturated rings. The van der Waals surface area contributed by atoms with Gasteiger partial charge in [-0.3, -0.25) is 4.79 Å². The third-order valence-corrected chi connectivity index (χ3v) is 3.29. The van der Waals surface area contributed by atoms with Gasteiger partial charge in [-0.15, -0.1) is 0 Å². The minimum absolute atomic E-state index is 0.314. The molecule has 116 valence electrons. The lowest BCUT2D eigenvalue weighted by molar-refractivity contribution is 0.102. The Balaban J connectivity index is 1.80. The molecule has 1 aromatic heterocycles. The van der Waals surface area contributed by atoms with Crippen molar-refractivity contribution in [3.8, 4) is 11.4 Å². The van der Waals surface area contributed by atoms with Crippen LogP contribution in [-0.4, -0.2) is 22.8 Å². The second-order valence-electron chi connectivity index (χ2n) is 4.80. The van der Waals surface area contributed by atoms with E-state index >= 15 is 0 Å². The molecular formula is C17H14FN3O2. The number of aromatic nitrogens is 2. The number of benzene rings is 2. The molecule has 1 heterocycles. The molecule has 0 aliphatic heterocycles. The van der Waals surface area contributed by atoms with Gasteiger partial charge in [-0.2, -0.15) is 5.10 Å². The number of amides is 1. The third kappa shape index (κ3) is 3.21. The van der Waals surface area contributed by atoms with E-state index in [-0.39, 0.29) is 5.91 Å². The average Bonchev–Trinajstić information content (AvgIpc) is 3.09. The summed E-state index contributed by atoms with van der Waals surface area (Å²) in [5.74, 6) is -0.231. The highest BCUT2D eigenvalue weighted by atomic mass is 19.1. The second kappa shape index (κ2) is 6.31. The van der Waals surface area contributed by atoms with Gasteiger partial charge in [0.15, 0.2) is 5.82 Å². The number of rotatable bonds is 4. The number of nitrogens with one attached hydrogen (secondary N) is 1. The highest BCUT2D eigenvalue weighted by molar-refractivity contribution is 6.04. The van der Waals surface area contributed by atoms with Crippen LogP contribution in [0.1, 0.15) is 10.4 Å². The lowest BCUT2D eigenvalue weighted by atomic mass is 10.2. The number of nitrogens with zero attached hydrogens (tertiary/aromatic N) is 2. The molecule has 0 bridgehead atoms. The number of carbonyl (C=O) groups excluding carboxylic acids is 1. The van der Waals surface area contributed by atoms with Gasteiger partial charge in [0.1, 0.15) is 11.4 Å². The van der Waals surface area contributed by atoms with Crippen LogP contribution in [0.2, 0.25) is 0 Å². The van der Waals surface area contributed by atoms with E-state index in [1.54, 1.807) is 54.9 Å². The van der Waals surface area contributed by atoms with E-state index in [4.69, 9.17) is 4.74 Å². The average molecular weight is 311 g/mol. The number of ether oxygens (including phenoxy) is 1. The highest BCUT2D eigenvalue weighted by Gasteiger charge is 2.10. The van der Waals surface area contributed by atoms with E-state index in [0.717, 1.165) is 0 Å². The van der Waals surface area contributed by atoms with Crippen molar-refractivity contribution in [3.63, 3.8) is 0 Å². The summed E-state index contributed by atoms with van der Waals surface area (Å²) in [4.78, 5) is 12.2. The Bertz CT molecular complexity index is 832. The normalized spacial score (nSPS) is 10.3. The first kappa shape index (κ1) is 14.8. The molecule has 1 amide bonds. The van der Waals surface area contributed by atoms with Crippen molar-refractivity contribution in [2.75, 3.05) is 12.4 Å². The Morgan fingerprint density at radius 2 is 2.09 bits per heavy atom. The Morgan fingerprint density at radius 3 is 2.78 bits per heavy atom. The molecule has 6 heteroatoms. The SMILES string of the molecule is COc1cccc(C(=O)Nc2ccc(-n3cccn3)c(F)c2)c1. The molecule has 0 saturated heterocycles. The quantitative estimate of drug-likeness (QED) is 0.804. The Morgan fingerprint density at radius 1 is 1.22 bits per heavy atom. The summed E-state index contributed by atoms with van der Waals surface area (Å²) in [5, 5.41) is 6.64. The summed E-state index contributed by atoms with van der Waals surface area (Å²) in [7, 11) is 1.53. The first-order valence-electron chi connectivity index (χ1n) is 6.92. The molecule has 0 radical (unpaired) electrons. The summed E-state index contributed by atoms with van der Waals surface area (Å²) in [6.45, 7) is 0. The minimum Gasteiger partial charge on any atom is -0.497 e. The Kier molecular flexibility index (Phi) is 4.05. The van der Waals surface area contributed by atoms with Gasteiger partial charge in [0.2, 0.25) is 0 Å². The van der Waals surface area contributed by atoms with E-state index in [0.29, 0.717) is 22.7 Å². The summed E-state index contributed by atoms with van der Waals surface area (Å²) < 4.78 is 20.7. The molecule has 5 nitrogen and oxygen atoms in total. The van der Waals surface area contributed by atoms with E-state index in [9.17, 15) is 9.18 Å². The molecule has 23 heavy (non-hydrogen) atoms. The van der Waals surface area contributed by atoms with Crippen molar-refractivity contribution in [2.24, 2.45) is 0 Å². The highest BCUT2D eigenvalue weighted by Crippen LogP contribution is 2.19. The van der Waals surface area contributed by atoms with Crippen molar-refractivity contribution in [2.45, 2.75) is 0 Å². The third-order valence-electron chi connectivity index (χ3n) is 3.29. The number of anilines is 1. The monoisotopic (exact) mass is 311 g/mol. The fourth-order valence-electron chi connectivity index (χ4n) is 2.15. The molecule has 0 unspecified atom stereocenters. The minimum atomic E-state index is -0.475. The number of halogens is 1. The molecule has 0 atom stereocenters. The predicted molar refractivity (Wildman–Crippen MR) is 84.5 cm³/mol. The molecule has 2 aromatic carbocycles. The second-order valence-corrected chi connectivity index (χ2v) is 4.80. The van der Waals surface area contributed by atoms with E-state index < -0.39 is 5.82 Å². The fourth-order valence-corrected chi connectivity index (χ4v) is 2.15. The van der Waals surface area contributed by atoms with Crippen molar-refractivity contribution in [1.82, 2.24) is 9.78 Å². The lowest BCUT2D eigenvalue weighted by Crippen LogP contribution is -2.12. The van der Waals surface area contributed by atoms with Crippen LogP contribution in [0.4, 0.5) is 10.1 Å². The molecule has 0 aliphatic carbocycles. The summed E-state index contributed by atoms with van der Waals surface area (Å²) in [5.41, 5.74) is 1.11. The molecule has 3 aromatic rings. The number of hydrogen-bond donors (Lipinski definition) is 1. The van der Waals surface area contributed by atoms with Crippen LogP contribution in [0.5, 0.6) is 5.75 Å². The maximum Gasteiger partial charge on any atom is 0.255 e. The fraction of sp³-hybridized carbons (Fsp3) is 0.0588. The van der Waals surface area contributed by atoms with Crippen LogP contribution < -0.4 is 10.1 Å². The smallest absolute Gasteiger partial charge is 0.255 e. The zero-order valence-electron chi connectivity index (χ0n) is 12.4. The zero-order valence-corrected chi connectivity index (χ0v) is 12.4. The van der Waals surface area contributed by atoms with Gasteiger partial charge in [0, 0.05) is 23.6 Å². The van der Waals surface area contributed by atoms with Crippen LogP contribution >= 0.6 is 0 Å². The van der Waals surface area contributed by atoms with Crippen LogP contribution in [0.3, 0.4) is 0 Å². The molecular weight excluding hydrogens is 297 g/mol. The van der Waals surface area contributed by atoms with Gasteiger partial charge in [-0.25, -0.2) is 9.07 Å². The standard InChI is InChI=1S/C17H14FN3O2/c1-23-14-5-2-4-12(10-14)17(22)20-13-6-7-16(15(18)11-13)21-9-3-8-19-21/h2-11H,1H3,(H,20,22). The number of methoxy groups -OCH3 is 1. The van der Waals surface area contributed by atoms with E-state index in [2.05, 4.69) is 10.4 Å². The molecule has 1 N–H and O–H groups in total. The summed E-state index contributed by atoms with van der Waals surface area (Å²) >= 11 is 0. The van der Waals surface area contributed by atoms with E-state index in [1.165, 1.54) is 17.9 Å². The lowest BCUT2D eigenvalue weighted by Gasteiger charge is -2.09. The van der Waals surface area contributed by atoms with Crippen molar-refractivity contribution in [3.05, 3.63) is 72.3 Å². The first-order chi connectivity index (χ1) is 11.2. The largest absolute Gasteiger partial charge is 0.497 e. The van der Waals surface area contributed by atoms with Crippen molar-refractivity contribution >= 4 is 11.6 Å². The van der Waals surface area contributed by atoms with Crippen LogP contribution in [0, 0.1) is 5.82 Å². The van der Waals surface area contributed by atoms with Gasteiger partial charge < -0.3 is 10.1 Å². The maximum atomic E-state index is 14.2. The first-order valence-corrected chi connectivity index (χ1v) is 6.92. The molecule has 0 saturated carbocycles. The number of hydrogen-bond acceptors (Lipinski definition) is 3. The summed E-state index contributed by atoms with van der Waals surface area (Å²) in [6, 6.07) is 12.9. The molecule has 0 aliphatic rings.